The number of benzene rings is 1. The Morgan fingerprint density at radius 3 is 1.62 bits per heavy atom. The van der Waals surface area contributed by atoms with Crippen molar-refractivity contribution in [2.75, 3.05) is 0 Å². The second kappa shape index (κ2) is 4.08. The first-order valence-corrected chi connectivity index (χ1v) is 5.92. The topological polar surface area (TPSA) is 0 Å². The van der Waals surface area contributed by atoms with Gasteiger partial charge in [0, 0.05) is 0 Å². The van der Waals surface area contributed by atoms with Gasteiger partial charge in [-0.05, 0) is 27.5 Å². The minimum Gasteiger partial charge on any atom is -0.0947 e. The first-order valence-electron chi connectivity index (χ1n) is 5.92. The zero-order chi connectivity index (χ0) is 12.6. The van der Waals surface area contributed by atoms with Crippen LogP contribution in [0, 0.1) is 5.41 Å². The van der Waals surface area contributed by atoms with E-state index in [1.165, 1.54) is 16.7 Å². The molecule has 0 fully saturated rings. The molecular formula is C16H24. The Balaban J connectivity index is 3.01. The maximum atomic E-state index is 4.19. The molecule has 0 aliphatic carbocycles. The molecule has 0 aromatic heterocycles. The Labute approximate surface area is 100 Å². The van der Waals surface area contributed by atoms with Gasteiger partial charge in [0.2, 0.25) is 0 Å². The normalized spacial score (nSPS) is 12.6. The molecule has 0 heteroatoms. The molecule has 0 aliphatic rings. The SMILES string of the molecule is C=C(c1ccc(C(C)(C)C)cc1)C(C)(C)C. The zero-order valence-corrected chi connectivity index (χ0v) is 11.5. The summed E-state index contributed by atoms with van der Waals surface area (Å²) < 4.78 is 0. The fourth-order valence-corrected chi connectivity index (χ4v) is 1.60. The standard InChI is InChI=1S/C16H24/c1-12(15(2,3)4)13-8-10-14(11-9-13)16(5,6)7/h8-11H,1H2,2-7H3. The fourth-order valence-electron chi connectivity index (χ4n) is 1.60. The van der Waals surface area contributed by atoms with Crippen LogP contribution >= 0.6 is 0 Å². The summed E-state index contributed by atoms with van der Waals surface area (Å²) in [5.74, 6) is 0. The van der Waals surface area contributed by atoms with Crippen LogP contribution in [0.15, 0.2) is 30.8 Å². The second-order valence-corrected chi connectivity index (χ2v) is 6.56. The van der Waals surface area contributed by atoms with Gasteiger partial charge in [0.15, 0.2) is 0 Å². The smallest absolute Gasteiger partial charge is 0.0132 e. The van der Waals surface area contributed by atoms with Crippen LogP contribution in [0.25, 0.3) is 5.57 Å². The molecule has 0 N–H and O–H groups in total. The van der Waals surface area contributed by atoms with Crippen LogP contribution in [-0.4, -0.2) is 0 Å². The van der Waals surface area contributed by atoms with Gasteiger partial charge >= 0.3 is 0 Å². The van der Waals surface area contributed by atoms with E-state index in [9.17, 15) is 0 Å². The predicted octanol–water partition coefficient (Wildman–Crippen LogP) is 5.04. The van der Waals surface area contributed by atoms with E-state index in [4.69, 9.17) is 0 Å². The van der Waals surface area contributed by atoms with Crippen LogP contribution in [0.1, 0.15) is 52.7 Å². The molecule has 1 aromatic rings. The predicted molar refractivity (Wildman–Crippen MR) is 73.6 cm³/mol. The van der Waals surface area contributed by atoms with Crippen molar-refractivity contribution in [1.29, 1.82) is 0 Å². The molecule has 0 unspecified atom stereocenters. The van der Waals surface area contributed by atoms with Gasteiger partial charge in [0.05, 0.1) is 0 Å². The summed E-state index contributed by atoms with van der Waals surface area (Å²) in [6.07, 6.45) is 0. The summed E-state index contributed by atoms with van der Waals surface area (Å²) >= 11 is 0. The zero-order valence-electron chi connectivity index (χ0n) is 11.5. The lowest BCUT2D eigenvalue weighted by Crippen LogP contribution is -2.11. The molecule has 0 nitrogen and oxygen atoms in total. The molecule has 0 amide bonds. The minimum absolute atomic E-state index is 0.142. The number of rotatable bonds is 1. The van der Waals surface area contributed by atoms with E-state index < -0.39 is 0 Å². The van der Waals surface area contributed by atoms with Crippen LogP contribution < -0.4 is 0 Å². The summed E-state index contributed by atoms with van der Waals surface area (Å²) in [4.78, 5) is 0. The van der Waals surface area contributed by atoms with Gasteiger partial charge in [-0.2, -0.15) is 0 Å². The van der Waals surface area contributed by atoms with Crippen molar-refractivity contribution in [3.05, 3.63) is 42.0 Å². The summed E-state index contributed by atoms with van der Waals surface area (Å²) in [5.41, 5.74) is 4.19. The highest BCUT2D eigenvalue weighted by atomic mass is 14.2. The molecule has 1 rings (SSSR count). The number of hydrogen-bond donors (Lipinski definition) is 0. The number of allylic oxidation sites excluding steroid dienone is 1. The summed E-state index contributed by atoms with van der Waals surface area (Å²) in [5, 5.41) is 0. The lowest BCUT2D eigenvalue weighted by Gasteiger charge is -2.24. The average Bonchev–Trinajstić information content (AvgIpc) is 2.14. The Bertz CT molecular complexity index is 366. The molecule has 16 heavy (non-hydrogen) atoms. The van der Waals surface area contributed by atoms with Crippen molar-refractivity contribution in [1.82, 2.24) is 0 Å². The van der Waals surface area contributed by atoms with Gasteiger partial charge < -0.3 is 0 Å². The minimum atomic E-state index is 0.142. The maximum Gasteiger partial charge on any atom is -0.0132 e. The summed E-state index contributed by atoms with van der Waals surface area (Å²) in [7, 11) is 0. The quantitative estimate of drug-likeness (QED) is 0.616. The molecule has 0 spiro atoms. The van der Waals surface area contributed by atoms with E-state index >= 15 is 0 Å². The van der Waals surface area contributed by atoms with E-state index in [-0.39, 0.29) is 10.8 Å². The first-order chi connectivity index (χ1) is 7.12. The fraction of sp³-hybridized carbons (Fsp3) is 0.500. The average molecular weight is 216 g/mol. The van der Waals surface area contributed by atoms with E-state index in [1.807, 2.05) is 0 Å². The third-order valence-electron chi connectivity index (χ3n) is 3.00. The molecule has 0 saturated heterocycles. The van der Waals surface area contributed by atoms with E-state index in [1.54, 1.807) is 0 Å². The van der Waals surface area contributed by atoms with Crippen molar-refractivity contribution in [3.8, 4) is 0 Å². The Hall–Kier alpha value is -1.04. The van der Waals surface area contributed by atoms with E-state index in [0.29, 0.717) is 0 Å². The third kappa shape index (κ3) is 2.98. The molecule has 0 heterocycles. The van der Waals surface area contributed by atoms with E-state index in [0.717, 1.165) is 0 Å². The monoisotopic (exact) mass is 216 g/mol. The van der Waals surface area contributed by atoms with Crippen molar-refractivity contribution < 1.29 is 0 Å². The van der Waals surface area contributed by atoms with E-state index in [2.05, 4.69) is 72.4 Å². The largest absolute Gasteiger partial charge is 0.0947 e. The molecule has 0 aliphatic heterocycles. The molecular weight excluding hydrogens is 192 g/mol. The van der Waals surface area contributed by atoms with Crippen LogP contribution in [0.5, 0.6) is 0 Å². The van der Waals surface area contributed by atoms with Crippen LogP contribution in [0.2, 0.25) is 0 Å². The third-order valence-corrected chi connectivity index (χ3v) is 3.00. The second-order valence-electron chi connectivity index (χ2n) is 6.56. The molecule has 88 valence electrons. The van der Waals surface area contributed by atoms with Gasteiger partial charge in [-0.25, -0.2) is 0 Å². The molecule has 0 saturated carbocycles. The van der Waals surface area contributed by atoms with Crippen LogP contribution in [0.4, 0.5) is 0 Å². The van der Waals surface area contributed by atoms with Gasteiger partial charge in [0.1, 0.15) is 0 Å². The lowest BCUT2D eigenvalue weighted by molar-refractivity contribution is 0.567. The summed E-state index contributed by atoms with van der Waals surface area (Å²) in [6, 6.07) is 8.81. The van der Waals surface area contributed by atoms with Gasteiger partial charge in [-0.1, -0.05) is 72.4 Å². The number of hydrogen-bond acceptors (Lipinski definition) is 0. The van der Waals surface area contributed by atoms with Crippen LogP contribution in [0.3, 0.4) is 0 Å². The highest BCUT2D eigenvalue weighted by Crippen LogP contribution is 2.33. The van der Waals surface area contributed by atoms with Gasteiger partial charge in [-0.15, -0.1) is 0 Å². The van der Waals surface area contributed by atoms with Crippen LogP contribution in [-0.2, 0) is 5.41 Å². The molecule has 1 aromatic carbocycles. The summed E-state index contributed by atoms with van der Waals surface area (Å²) in [6.45, 7) is 17.5. The Morgan fingerprint density at radius 2 is 1.31 bits per heavy atom. The maximum absolute atomic E-state index is 4.19. The highest BCUT2D eigenvalue weighted by molar-refractivity contribution is 5.67. The highest BCUT2D eigenvalue weighted by Gasteiger charge is 2.18. The molecule has 0 radical (unpaired) electrons. The van der Waals surface area contributed by atoms with Crippen molar-refractivity contribution in [2.45, 2.75) is 47.0 Å². The molecule has 0 bridgehead atoms. The van der Waals surface area contributed by atoms with Gasteiger partial charge in [-0.3, -0.25) is 0 Å². The Morgan fingerprint density at radius 1 is 0.875 bits per heavy atom. The van der Waals surface area contributed by atoms with Gasteiger partial charge in [0.25, 0.3) is 0 Å². The lowest BCUT2D eigenvalue weighted by atomic mass is 9.81. The molecule has 0 atom stereocenters. The first kappa shape index (κ1) is 13.0. The van der Waals surface area contributed by atoms with Crippen molar-refractivity contribution in [2.24, 2.45) is 5.41 Å². The van der Waals surface area contributed by atoms with Crippen molar-refractivity contribution >= 4 is 5.57 Å². The Kier molecular flexibility index (Phi) is 3.33. The van der Waals surface area contributed by atoms with Crippen molar-refractivity contribution in [3.63, 3.8) is 0 Å².